The van der Waals surface area contributed by atoms with Crippen molar-refractivity contribution in [2.45, 2.75) is 40.2 Å². The molecule has 6 heteroatoms. The van der Waals surface area contributed by atoms with E-state index in [2.05, 4.69) is 17.6 Å². The third-order valence-corrected chi connectivity index (χ3v) is 5.05. The van der Waals surface area contributed by atoms with Gasteiger partial charge < -0.3 is 10.6 Å². The molecule has 0 fully saturated rings. The van der Waals surface area contributed by atoms with Crippen LogP contribution in [-0.2, 0) is 11.2 Å². The molecule has 3 aromatic rings. The molecule has 3 rings (SSSR count). The predicted octanol–water partition coefficient (Wildman–Crippen LogP) is 3.66. The molecule has 2 amide bonds. The molecule has 6 nitrogen and oxygen atoms in total. The number of likely N-dealkylation sites (N-methyl/N-ethyl adjacent to an activating group) is 1. The molecule has 1 atom stereocenters. The Bertz CT molecular complexity index is 1040. The van der Waals surface area contributed by atoms with E-state index in [0.717, 1.165) is 23.2 Å². The Morgan fingerprint density at radius 3 is 2.40 bits per heavy atom. The van der Waals surface area contributed by atoms with Gasteiger partial charge in [-0.15, -0.1) is 0 Å². The summed E-state index contributed by atoms with van der Waals surface area (Å²) in [5, 5.41) is 10.2. The van der Waals surface area contributed by atoms with Crippen LogP contribution in [0.5, 0.6) is 0 Å². The molecule has 156 valence electrons. The van der Waals surface area contributed by atoms with Crippen molar-refractivity contribution in [2.24, 2.45) is 0 Å². The topological polar surface area (TPSA) is 76.0 Å². The van der Waals surface area contributed by atoms with E-state index in [-0.39, 0.29) is 11.8 Å². The summed E-state index contributed by atoms with van der Waals surface area (Å²) in [7, 11) is 0. The van der Waals surface area contributed by atoms with Crippen molar-refractivity contribution in [3.63, 3.8) is 0 Å². The zero-order valence-electron chi connectivity index (χ0n) is 17.9. The summed E-state index contributed by atoms with van der Waals surface area (Å²) < 4.78 is 1.73. The largest absolute Gasteiger partial charge is 0.355 e. The number of amides is 2. The maximum Gasteiger partial charge on any atom is 0.255 e. The van der Waals surface area contributed by atoms with E-state index in [4.69, 9.17) is 5.10 Å². The van der Waals surface area contributed by atoms with Gasteiger partial charge in [0, 0.05) is 18.3 Å². The molecular weight excluding hydrogens is 376 g/mol. The van der Waals surface area contributed by atoms with Crippen LogP contribution in [0.4, 0.5) is 0 Å². The van der Waals surface area contributed by atoms with Crippen molar-refractivity contribution >= 4 is 11.8 Å². The molecule has 2 aromatic carbocycles. The van der Waals surface area contributed by atoms with E-state index in [0.29, 0.717) is 17.8 Å². The summed E-state index contributed by atoms with van der Waals surface area (Å²) in [6, 6.07) is 15.3. The molecule has 0 saturated carbocycles. The number of hydrogen-bond acceptors (Lipinski definition) is 3. The lowest BCUT2D eigenvalue weighted by Gasteiger charge is -2.13. The fourth-order valence-corrected chi connectivity index (χ4v) is 3.26. The number of para-hydroxylation sites is 1. The van der Waals surface area contributed by atoms with E-state index < -0.39 is 6.04 Å². The molecule has 0 aliphatic rings. The van der Waals surface area contributed by atoms with Crippen LogP contribution < -0.4 is 10.6 Å². The lowest BCUT2D eigenvalue weighted by Crippen LogP contribution is -2.44. The third-order valence-electron chi connectivity index (χ3n) is 5.05. The second-order valence-electron chi connectivity index (χ2n) is 7.26. The molecule has 0 saturated heterocycles. The van der Waals surface area contributed by atoms with E-state index in [1.54, 1.807) is 17.8 Å². The van der Waals surface area contributed by atoms with Gasteiger partial charge in [-0.3, -0.25) is 9.59 Å². The fourth-order valence-electron chi connectivity index (χ4n) is 3.26. The smallest absolute Gasteiger partial charge is 0.255 e. The zero-order chi connectivity index (χ0) is 21.7. The minimum absolute atomic E-state index is 0.217. The van der Waals surface area contributed by atoms with Gasteiger partial charge in [0.25, 0.3) is 5.91 Å². The molecule has 1 aromatic heterocycles. The van der Waals surface area contributed by atoms with E-state index in [9.17, 15) is 9.59 Å². The normalized spacial score (nSPS) is 11.7. The van der Waals surface area contributed by atoms with Crippen LogP contribution in [-0.4, -0.2) is 34.2 Å². The number of rotatable bonds is 7. The number of nitrogens with zero attached hydrogens (tertiary/aromatic N) is 2. The Balaban J connectivity index is 2.02. The van der Waals surface area contributed by atoms with Crippen LogP contribution in [0.2, 0.25) is 0 Å². The highest BCUT2D eigenvalue weighted by atomic mass is 16.2. The lowest BCUT2D eigenvalue weighted by molar-refractivity contribution is -0.122. The van der Waals surface area contributed by atoms with Gasteiger partial charge >= 0.3 is 0 Å². The maximum absolute atomic E-state index is 13.1. The van der Waals surface area contributed by atoms with Crippen molar-refractivity contribution in [1.29, 1.82) is 0 Å². The number of nitrogens with one attached hydrogen (secondary N) is 2. The monoisotopic (exact) mass is 404 g/mol. The summed E-state index contributed by atoms with van der Waals surface area (Å²) in [5.74, 6) is -0.547. The number of hydrogen-bond donors (Lipinski definition) is 2. The highest BCUT2D eigenvalue weighted by molar-refractivity contribution is 6.02. The quantitative estimate of drug-likeness (QED) is 0.631. The SMILES string of the molecule is CCNC(=O)[C@@H](C)NC(=O)c1cn(-c2ccccc2C)nc1-c1ccc(CC)cc1. The van der Waals surface area contributed by atoms with E-state index in [1.165, 1.54) is 5.56 Å². The van der Waals surface area contributed by atoms with Gasteiger partial charge in [0.1, 0.15) is 11.7 Å². The standard InChI is InChI=1S/C24H28N4O2/c1-5-18-11-13-19(14-12-18)22-20(24(30)26-17(4)23(29)25-6-2)15-28(27-22)21-10-8-7-9-16(21)3/h7-15,17H,5-6H2,1-4H3,(H,25,29)(H,26,30)/t17-/m1/s1. The zero-order valence-corrected chi connectivity index (χ0v) is 17.9. The Morgan fingerprint density at radius 2 is 1.77 bits per heavy atom. The van der Waals surface area contributed by atoms with Crippen molar-refractivity contribution in [1.82, 2.24) is 20.4 Å². The van der Waals surface area contributed by atoms with Crippen molar-refractivity contribution in [2.75, 3.05) is 6.54 Å². The first-order chi connectivity index (χ1) is 14.4. The van der Waals surface area contributed by atoms with Crippen molar-refractivity contribution in [3.05, 3.63) is 71.4 Å². The Morgan fingerprint density at radius 1 is 1.07 bits per heavy atom. The third kappa shape index (κ3) is 4.59. The number of aryl methyl sites for hydroxylation is 2. The van der Waals surface area contributed by atoms with Crippen LogP contribution in [0.15, 0.2) is 54.7 Å². The maximum atomic E-state index is 13.1. The second-order valence-corrected chi connectivity index (χ2v) is 7.26. The van der Waals surface area contributed by atoms with Crippen LogP contribution in [0.1, 0.15) is 42.3 Å². The summed E-state index contributed by atoms with van der Waals surface area (Å²) in [5.41, 5.74) is 5.04. The first-order valence-electron chi connectivity index (χ1n) is 10.3. The summed E-state index contributed by atoms with van der Waals surface area (Å²) in [6.07, 6.45) is 2.67. The second kappa shape index (κ2) is 9.39. The lowest BCUT2D eigenvalue weighted by atomic mass is 10.0. The first kappa shape index (κ1) is 21.3. The molecule has 30 heavy (non-hydrogen) atoms. The molecule has 0 unspecified atom stereocenters. The molecule has 0 aliphatic heterocycles. The van der Waals surface area contributed by atoms with Crippen molar-refractivity contribution < 1.29 is 9.59 Å². The first-order valence-corrected chi connectivity index (χ1v) is 10.3. The Kier molecular flexibility index (Phi) is 6.67. The Hall–Kier alpha value is -3.41. The molecule has 0 bridgehead atoms. The summed E-state index contributed by atoms with van der Waals surface area (Å²) >= 11 is 0. The molecule has 1 heterocycles. The summed E-state index contributed by atoms with van der Waals surface area (Å²) in [4.78, 5) is 25.1. The average molecular weight is 405 g/mol. The number of carbonyl (C=O) groups is 2. The number of carbonyl (C=O) groups excluding carboxylic acids is 2. The predicted molar refractivity (Wildman–Crippen MR) is 119 cm³/mol. The highest BCUT2D eigenvalue weighted by Gasteiger charge is 2.22. The molecule has 0 radical (unpaired) electrons. The minimum Gasteiger partial charge on any atom is -0.355 e. The van der Waals surface area contributed by atoms with E-state index >= 15 is 0 Å². The van der Waals surface area contributed by atoms with Gasteiger partial charge in [-0.05, 0) is 44.4 Å². The van der Waals surface area contributed by atoms with Gasteiger partial charge in [-0.2, -0.15) is 5.10 Å². The highest BCUT2D eigenvalue weighted by Crippen LogP contribution is 2.25. The van der Waals surface area contributed by atoms with Crippen LogP contribution in [0, 0.1) is 6.92 Å². The minimum atomic E-state index is -0.644. The average Bonchev–Trinajstić information content (AvgIpc) is 3.19. The van der Waals surface area contributed by atoms with Gasteiger partial charge in [-0.25, -0.2) is 4.68 Å². The Labute approximate surface area is 177 Å². The molecule has 2 N–H and O–H groups in total. The fraction of sp³-hybridized carbons (Fsp3) is 0.292. The van der Waals surface area contributed by atoms with Gasteiger partial charge in [0.2, 0.25) is 5.91 Å². The van der Waals surface area contributed by atoms with Crippen LogP contribution in [0.25, 0.3) is 16.9 Å². The molecular formula is C24H28N4O2. The molecule has 0 spiro atoms. The molecule has 0 aliphatic carbocycles. The van der Waals surface area contributed by atoms with Gasteiger partial charge in [0.05, 0.1) is 11.3 Å². The van der Waals surface area contributed by atoms with Gasteiger partial charge in [0.15, 0.2) is 0 Å². The number of benzene rings is 2. The van der Waals surface area contributed by atoms with E-state index in [1.807, 2.05) is 62.4 Å². The summed E-state index contributed by atoms with van der Waals surface area (Å²) in [6.45, 7) is 8.13. The van der Waals surface area contributed by atoms with Crippen LogP contribution in [0.3, 0.4) is 0 Å². The number of aromatic nitrogens is 2. The van der Waals surface area contributed by atoms with Gasteiger partial charge in [-0.1, -0.05) is 49.4 Å². The van der Waals surface area contributed by atoms with Crippen molar-refractivity contribution in [3.8, 4) is 16.9 Å². The van der Waals surface area contributed by atoms with Crippen LogP contribution >= 0.6 is 0 Å².